The van der Waals surface area contributed by atoms with Crippen LogP contribution in [0.3, 0.4) is 0 Å². The van der Waals surface area contributed by atoms with Crippen molar-refractivity contribution in [1.82, 2.24) is 10.3 Å². The Hall–Kier alpha value is -3.13. The van der Waals surface area contributed by atoms with Crippen molar-refractivity contribution in [1.29, 1.82) is 0 Å². The second-order valence-electron chi connectivity index (χ2n) is 14.1. The van der Waals surface area contributed by atoms with Gasteiger partial charge in [-0.05, 0) is 97.9 Å². The first kappa shape index (κ1) is 36.2. The van der Waals surface area contributed by atoms with Crippen LogP contribution in [0.5, 0.6) is 5.75 Å². The molecular formula is C35H41F6N2O5-. The first-order chi connectivity index (χ1) is 22.4. The maximum Gasteiger partial charge on any atom is 0.416 e. The van der Waals surface area contributed by atoms with Crippen molar-refractivity contribution in [3.63, 3.8) is 0 Å². The lowest BCUT2D eigenvalue weighted by atomic mass is 9.72. The minimum Gasteiger partial charge on any atom is -0.748 e. The minimum absolute atomic E-state index is 0.0322. The number of nitrogens with zero attached hydrogens (tertiary/aromatic N) is 2. The van der Waals surface area contributed by atoms with Gasteiger partial charge in [0.05, 0.1) is 36.8 Å². The van der Waals surface area contributed by atoms with Gasteiger partial charge in [-0.2, -0.15) is 31.7 Å². The second kappa shape index (κ2) is 13.3. The van der Waals surface area contributed by atoms with Gasteiger partial charge >= 0.3 is 18.3 Å². The summed E-state index contributed by atoms with van der Waals surface area (Å²) in [6.07, 6.45) is -5.60. The monoisotopic (exact) mass is 683 g/mol. The first-order valence-corrected chi connectivity index (χ1v) is 16.0. The van der Waals surface area contributed by atoms with Gasteiger partial charge in [-0.1, -0.05) is 38.3 Å². The van der Waals surface area contributed by atoms with Crippen molar-refractivity contribution in [2.24, 2.45) is 10.8 Å². The number of allylic oxidation sites excluding steroid dienone is 1. The van der Waals surface area contributed by atoms with E-state index in [1.54, 1.807) is 14.0 Å². The molecule has 1 aliphatic heterocycles. The van der Waals surface area contributed by atoms with Crippen LogP contribution in [0.15, 0.2) is 42.0 Å². The number of methoxy groups -OCH3 is 2. The fourth-order valence-electron chi connectivity index (χ4n) is 7.53. The Morgan fingerprint density at radius 1 is 0.979 bits per heavy atom. The van der Waals surface area contributed by atoms with Crippen molar-refractivity contribution >= 4 is 11.5 Å². The third-order valence-electron chi connectivity index (χ3n) is 10.1. The Morgan fingerprint density at radius 3 is 2.17 bits per heavy atom. The predicted molar refractivity (Wildman–Crippen MR) is 166 cm³/mol. The van der Waals surface area contributed by atoms with Crippen LogP contribution in [0.4, 0.5) is 26.3 Å². The topological polar surface area (TPSA) is 74.3 Å². The highest BCUT2D eigenvalue weighted by molar-refractivity contribution is 5.78. The van der Waals surface area contributed by atoms with E-state index >= 15 is 0 Å². The fourth-order valence-corrected chi connectivity index (χ4v) is 7.53. The van der Waals surface area contributed by atoms with E-state index in [-0.39, 0.29) is 29.3 Å². The van der Waals surface area contributed by atoms with Gasteiger partial charge in [0.25, 0.3) is 0 Å². The summed E-state index contributed by atoms with van der Waals surface area (Å²) in [7, 11) is 2.96. The van der Waals surface area contributed by atoms with E-state index in [9.17, 15) is 36.3 Å². The Kier molecular flexibility index (Phi) is 10.0. The minimum atomic E-state index is -5.04. The number of hydrazine groups is 1. The average Bonchev–Trinajstić information content (AvgIpc) is 3.60. The van der Waals surface area contributed by atoms with Gasteiger partial charge in [-0.3, -0.25) is 9.63 Å². The summed E-state index contributed by atoms with van der Waals surface area (Å²) in [4.78, 5) is 18.3. The molecule has 7 nitrogen and oxygen atoms in total. The van der Waals surface area contributed by atoms with E-state index < -0.39 is 46.6 Å². The van der Waals surface area contributed by atoms with Crippen LogP contribution in [-0.4, -0.2) is 43.1 Å². The SMILES string of the molecule is COC(=O)C1(Cc2ccc(OC)c(C3=C(CN4[C@@H](C)[C@@H](c5cc(C(F)(F)F)cc(C(F)(F)F)c5)ON4[O-])CC(C)(C)CC3)c2)CCCC1. The number of hydrogen-bond acceptors (Lipinski definition) is 7. The standard InChI is InChI=1S/C35H41F6N2O5/c1-21-30(23-15-25(34(36,37)38)17-26(16-23)35(39,40)41)48-43(45)42(21)20-24-19-32(2,3)13-10-27(24)28-14-22(8-9-29(28)46-4)18-33(31(44)47-5)11-6-7-12-33/h8-9,14-17,21,30H,6-7,10-13,18-20H2,1-5H3/q-1/t21-,30-/m0/s1. The summed E-state index contributed by atoms with van der Waals surface area (Å²) >= 11 is 0. The van der Waals surface area contributed by atoms with Gasteiger partial charge in [-0.25, -0.2) is 5.01 Å². The van der Waals surface area contributed by atoms with Crippen molar-refractivity contribution in [2.45, 2.75) is 96.6 Å². The van der Waals surface area contributed by atoms with E-state index in [0.717, 1.165) is 54.4 Å². The fraction of sp³-hybridized carbons (Fsp3) is 0.571. The van der Waals surface area contributed by atoms with Crippen LogP contribution in [0.1, 0.15) is 99.6 Å². The van der Waals surface area contributed by atoms with Crippen molar-refractivity contribution < 1.29 is 45.4 Å². The third kappa shape index (κ3) is 7.39. The average molecular weight is 684 g/mol. The summed E-state index contributed by atoms with van der Waals surface area (Å²) < 4.78 is 92.6. The van der Waals surface area contributed by atoms with Gasteiger partial charge in [0.1, 0.15) is 11.9 Å². The summed E-state index contributed by atoms with van der Waals surface area (Å²) in [6, 6.07) is 6.16. The van der Waals surface area contributed by atoms with E-state index in [1.165, 1.54) is 12.1 Å². The Morgan fingerprint density at radius 2 is 1.60 bits per heavy atom. The number of carbonyl (C=O) groups is 1. The quantitative estimate of drug-likeness (QED) is 0.203. The molecule has 264 valence electrons. The molecule has 2 aromatic rings. The highest BCUT2D eigenvalue weighted by Gasteiger charge is 2.44. The number of benzene rings is 2. The van der Waals surface area contributed by atoms with Crippen LogP contribution in [0.25, 0.3) is 5.57 Å². The van der Waals surface area contributed by atoms with Gasteiger partial charge < -0.3 is 14.7 Å². The van der Waals surface area contributed by atoms with Crippen LogP contribution >= 0.6 is 0 Å². The number of carbonyl (C=O) groups excluding carboxylic acids is 1. The third-order valence-corrected chi connectivity index (χ3v) is 10.1. The Labute approximate surface area is 276 Å². The maximum absolute atomic E-state index is 13.6. The predicted octanol–water partition coefficient (Wildman–Crippen LogP) is 9.06. The molecule has 1 saturated heterocycles. The summed E-state index contributed by atoms with van der Waals surface area (Å²) in [5, 5.41) is 14.7. The van der Waals surface area contributed by atoms with Crippen LogP contribution < -0.4 is 4.74 Å². The maximum atomic E-state index is 13.6. The van der Waals surface area contributed by atoms with Gasteiger partial charge in [-0.15, -0.1) is 0 Å². The summed E-state index contributed by atoms with van der Waals surface area (Å²) in [5.41, 5.74) is -0.544. The molecule has 3 aliphatic rings. The lowest BCUT2D eigenvalue weighted by Crippen LogP contribution is -2.39. The zero-order valence-corrected chi connectivity index (χ0v) is 27.7. The number of hydrogen-bond donors (Lipinski definition) is 0. The number of alkyl halides is 6. The molecule has 0 N–H and O–H groups in total. The zero-order chi connectivity index (χ0) is 35.2. The Balaban J connectivity index is 1.51. The lowest BCUT2D eigenvalue weighted by Gasteiger charge is -2.39. The number of esters is 1. The largest absolute Gasteiger partial charge is 0.748 e. The molecule has 1 saturated carbocycles. The molecule has 2 atom stereocenters. The lowest BCUT2D eigenvalue weighted by molar-refractivity contribution is -0.197. The smallest absolute Gasteiger partial charge is 0.416 e. The van der Waals surface area contributed by atoms with Crippen LogP contribution in [0.2, 0.25) is 0 Å². The first-order valence-electron chi connectivity index (χ1n) is 16.0. The Bertz CT molecular complexity index is 1510. The zero-order valence-electron chi connectivity index (χ0n) is 27.7. The number of rotatable bonds is 8. The molecule has 0 unspecified atom stereocenters. The highest BCUT2D eigenvalue weighted by Crippen LogP contribution is 2.48. The molecule has 1 heterocycles. The molecular weight excluding hydrogens is 642 g/mol. The molecule has 0 radical (unpaired) electrons. The highest BCUT2D eigenvalue weighted by atomic mass is 19.4. The molecule has 2 aliphatic carbocycles. The van der Waals surface area contributed by atoms with E-state index in [1.807, 2.05) is 18.2 Å². The van der Waals surface area contributed by atoms with E-state index in [0.29, 0.717) is 37.1 Å². The molecule has 2 fully saturated rings. The summed E-state index contributed by atoms with van der Waals surface area (Å²) in [5.74, 6) is 0.378. The van der Waals surface area contributed by atoms with E-state index in [4.69, 9.17) is 14.3 Å². The normalized spacial score (nSPS) is 23.5. The van der Waals surface area contributed by atoms with Gasteiger partial charge in [0.15, 0.2) is 0 Å². The van der Waals surface area contributed by atoms with Crippen molar-refractivity contribution in [3.8, 4) is 5.75 Å². The van der Waals surface area contributed by atoms with Crippen molar-refractivity contribution in [3.05, 3.63) is 75.0 Å². The van der Waals surface area contributed by atoms with Crippen molar-refractivity contribution in [2.75, 3.05) is 20.8 Å². The van der Waals surface area contributed by atoms with Gasteiger partial charge in [0.2, 0.25) is 0 Å². The van der Waals surface area contributed by atoms with Gasteiger partial charge in [0, 0.05) is 12.1 Å². The molecule has 5 rings (SSSR count). The molecule has 0 aromatic heterocycles. The molecule has 13 heteroatoms. The van der Waals surface area contributed by atoms with Crippen LogP contribution in [-0.2, 0) is 33.1 Å². The number of ether oxygens (including phenoxy) is 2. The second-order valence-corrected chi connectivity index (χ2v) is 14.1. The molecule has 2 aromatic carbocycles. The number of halogens is 6. The molecule has 0 spiro atoms. The van der Waals surface area contributed by atoms with E-state index in [2.05, 4.69) is 13.8 Å². The molecule has 0 bridgehead atoms. The van der Waals surface area contributed by atoms with Crippen LogP contribution in [0, 0.1) is 16.0 Å². The molecule has 48 heavy (non-hydrogen) atoms. The summed E-state index contributed by atoms with van der Waals surface area (Å²) in [6.45, 7) is 5.77. The molecule has 0 amide bonds.